The number of hydrogen-bond donors (Lipinski definition) is 1. The molecule has 0 aliphatic carbocycles. The number of fused-ring (bicyclic) bond motifs is 1. The van der Waals surface area contributed by atoms with Crippen LogP contribution in [0.3, 0.4) is 0 Å². The van der Waals surface area contributed by atoms with Crippen LogP contribution in [0.4, 0.5) is 0 Å². The number of morpholine rings is 1. The molecule has 1 N–H and O–H groups in total. The number of nitrogens with one attached hydrogen (secondary N) is 1. The molecule has 1 fully saturated rings. The lowest BCUT2D eigenvalue weighted by Crippen LogP contribution is -2.50. The molecule has 3 aromatic rings. The molecule has 1 aliphatic rings. The molecule has 1 unspecified atom stereocenters. The molecule has 7 heteroatoms. The summed E-state index contributed by atoms with van der Waals surface area (Å²) in [7, 11) is 0. The molecular formula is C18H19ClN4O2. The summed E-state index contributed by atoms with van der Waals surface area (Å²) in [4.78, 5) is 17.9. The lowest BCUT2D eigenvalue weighted by atomic mass is 10.0. The van der Waals surface area contributed by atoms with Gasteiger partial charge in [-0.3, -0.25) is 9.48 Å². The number of carbonyl (C=O) groups is 1. The Hall–Kier alpha value is -2.31. The molecule has 1 aliphatic heterocycles. The Labute approximate surface area is 150 Å². The Morgan fingerprint density at radius 2 is 2.28 bits per heavy atom. The second kappa shape index (κ2) is 6.90. The Kier molecular flexibility index (Phi) is 4.46. The van der Waals surface area contributed by atoms with E-state index in [2.05, 4.69) is 22.2 Å². The van der Waals surface area contributed by atoms with E-state index in [1.54, 1.807) is 10.9 Å². The molecule has 0 radical (unpaired) electrons. The Morgan fingerprint density at radius 3 is 3.12 bits per heavy atom. The number of H-pyrrole nitrogens is 1. The highest BCUT2D eigenvalue weighted by atomic mass is 35.5. The Morgan fingerprint density at radius 1 is 1.40 bits per heavy atom. The van der Waals surface area contributed by atoms with E-state index in [1.165, 1.54) is 17.1 Å². The van der Waals surface area contributed by atoms with Gasteiger partial charge in [-0.2, -0.15) is 5.10 Å². The van der Waals surface area contributed by atoms with Crippen LogP contribution in [0.2, 0.25) is 5.02 Å². The lowest BCUT2D eigenvalue weighted by Gasteiger charge is -2.35. The molecule has 1 atom stereocenters. The number of hydrogen-bond acceptors (Lipinski definition) is 3. The van der Waals surface area contributed by atoms with E-state index in [9.17, 15) is 4.79 Å². The Balaban J connectivity index is 1.51. The maximum Gasteiger partial charge on any atom is 0.244 e. The quantitative estimate of drug-likeness (QED) is 0.779. The molecule has 0 bridgehead atoms. The monoisotopic (exact) mass is 358 g/mol. The van der Waals surface area contributed by atoms with E-state index in [0.717, 1.165) is 11.9 Å². The zero-order valence-electron chi connectivity index (χ0n) is 13.7. The average molecular weight is 359 g/mol. The number of halogens is 1. The van der Waals surface area contributed by atoms with E-state index < -0.39 is 0 Å². The predicted octanol–water partition coefficient (Wildman–Crippen LogP) is 2.49. The van der Waals surface area contributed by atoms with Gasteiger partial charge in [0.15, 0.2) is 0 Å². The normalized spacial score (nSPS) is 18.0. The van der Waals surface area contributed by atoms with Crippen molar-refractivity contribution < 1.29 is 9.53 Å². The molecule has 25 heavy (non-hydrogen) atoms. The van der Waals surface area contributed by atoms with Gasteiger partial charge in [0.1, 0.15) is 6.54 Å². The summed E-state index contributed by atoms with van der Waals surface area (Å²) >= 11 is 5.88. The van der Waals surface area contributed by atoms with Crippen LogP contribution in [-0.2, 0) is 22.5 Å². The molecular weight excluding hydrogens is 340 g/mol. The summed E-state index contributed by atoms with van der Waals surface area (Å²) in [6.07, 6.45) is 5.98. The van der Waals surface area contributed by atoms with Crippen molar-refractivity contribution in [1.82, 2.24) is 19.7 Å². The van der Waals surface area contributed by atoms with Crippen LogP contribution in [-0.4, -0.2) is 51.4 Å². The molecule has 3 heterocycles. The van der Waals surface area contributed by atoms with Crippen molar-refractivity contribution >= 4 is 28.4 Å². The SMILES string of the molecule is O=C(Cn1cc(Cl)cn1)N1CCOCC1Cc1c[nH]c2ccccc12. The van der Waals surface area contributed by atoms with Crippen LogP contribution in [0.5, 0.6) is 0 Å². The highest BCUT2D eigenvalue weighted by Crippen LogP contribution is 2.22. The first kappa shape index (κ1) is 16.2. The van der Waals surface area contributed by atoms with Crippen LogP contribution in [0.1, 0.15) is 5.56 Å². The zero-order valence-corrected chi connectivity index (χ0v) is 14.4. The van der Waals surface area contributed by atoms with Crippen molar-refractivity contribution in [3.63, 3.8) is 0 Å². The highest BCUT2D eigenvalue weighted by Gasteiger charge is 2.28. The fourth-order valence-corrected chi connectivity index (χ4v) is 3.52. The third-order valence-electron chi connectivity index (χ3n) is 4.58. The van der Waals surface area contributed by atoms with Gasteiger partial charge in [0.05, 0.1) is 30.5 Å². The van der Waals surface area contributed by atoms with Crippen molar-refractivity contribution in [3.05, 3.63) is 53.4 Å². The van der Waals surface area contributed by atoms with Gasteiger partial charge in [0, 0.05) is 29.8 Å². The van der Waals surface area contributed by atoms with Crippen molar-refractivity contribution in [3.8, 4) is 0 Å². The largest absolute Gasteiger partial charge is 0.377 e. The fourth-order valence-electron chi connectivity index (χ4n) is 3.36. The van der Waals surface area contributed by atoms with Gasteiger partial charge < -0.3 is 14.6 Å². The maximum atomic E-state index is 12.7. The number of para-hydroxylation sites is 1. The summed E-state index contributed by atoms with van der Waals surface area (Å²) in [5.74, 6) is 0.0351. The molecule has 4 rings (SSSR count). The van der Waals surface area contributed by atoms with Crippen LogP contribution >= 0.6 is 11.6 Å². The van der Waals surface area contributed by atoms with Gasteiger partial charge in [-0.1, -0.05) is 29.8 Å². The second-order valence-corrected chi connectivity index (χ2v) is 6.67. The van der Waals surface area contributed by atoms with Crippen molar-refractivity contribution in [2.75, 3.05) is 19.8 Å². The van der Waals surface area contributed by atoms with E-state index in [0.29, 0.717) is 24.8 Å². The van der Waals surface area contributed by atoms with E-state index in [-0.39, 0.29) is 18.5 Å². The number of amides is 1. The molecule has 0 spiro atoms. The second-order valence-electron chi connectivity index (χ2n) is 6.24. The number of nitrogens with zero attached hydrogens (tertiary/aromatic N) is 3. The first-order valence-electron chi connectivity index (χ1n) is 8.31. The van der Waals surface area contributed by atoms with Gasteiger partial charge >= 0.3 is 0 Å². The molecule has 0 saturated carbocycles. The van der Waals surface area contributed by atoms with Crippen LogP contribution in [0.25, 0.3) is 10.9 Å². The average Bonchev–Trinajstić information content (AvgIpc) is 3.22. The summed E-state index contributed by atoms with van der Waals surface area (Å²) in [5, 5.41) is 5.82. The third kappa shape index (κ3) is 3.41. The highest BCUT2D eigenvalue weighted by molar-refractivity contribution is 6.30. The topological polar surface area (TPSA) is 63.1 Å². The van der Waals surface area contributed by atoms with Gasteiger partial charge in [0.25, 0.3) is 0 Å². The predicted molar refractivity (Wildman–Crippen MR) is 95.6 cm³/mol. The van der Waals surface area contributed by atoms with Crippen molar-refractivity contribution in [2.45, 2.75) is 19.0 Å². The number of ether oxygens (including phenoxy) is 1. The van der Waals surface area contributed by atoms with Crippen molar-refractivity contribution in [2.24, 2.45) is 0 Å². The van der Waals surface area contributed by atoms with Gasteiger partial charge in [-0.05, 0) is 18.1 Å². The van der Waals surface area contributed by atoms with Crippen LogP contribution in [0.15, 0.2) is 42.9 Å². The summed E-state index contributed by atoms with van der Waals surface area (Å²) in [6.45, 7) is 1.90. The number of benzene rings is 1. The van der Waals surface area contributed by atoms with Crippen molar-refractivity contribution in [1.29, 1.82) is 0 Å². The minimum Gasteiger partial charge on any atom is -0.377 e. The zero-order chi connectivity index (χ0) is 17.2. The standard InChI is InChI=1S/C18H19ClN4O2/c19-14-9-21-22(10-14)11-18(24)23-5-6-25-12-15(23)7-13-8-20-17-4-2-1-3-16(13)17/h1-4,8-10,15,20H,5-7,11-12H2. The number of carbonyl (C=O) groups excluding carboxylic acids is 1. The molecule has 1 saturated heterocycles. The Bertz CT molecular complexity index is 888. The fraction of sp³-hybridized carbons (Fsp3) is 0.333. The summed E-state index contributed by atoms with van der Waals surface area (Å²) in [5.41, 5.74) is 2.31. The molecule has 1 aromatic carbocycles. The molecule has 6 nitrogen and oxygen atoms in total. The maximum absolute atomic E-state index is 12.7. The lowest BCUT2D eigenvalue weighted by molar-refractivity contribution is -0.140. The number of aromatic nitrogens is 3. The number of aromatic amines is 1. The minimum atomic E-state index is 0.0199. The molecule has 2 aromatic heterocycles. The third-order valence-corrected chi connectivity index (χ3v) is 4.77. The van der Waals surface area contributed by atoms with Gasteiger partial charge in [0.2, 0.25) is 5.91 Å². The van der Waals surface area contributed by atoms with E-state index >= 15 is 0 Å². The van der Waals surface area contributed by atoms with E-state index in [4.69, 9.17) is 16.3 Å². The summed E-state index contributed by atoms with van der Waals surface area (Å²) in [6, 6.07) is 8.22. The first-order chi connectivity index (χ1) is 12.2. The van der Waals surface area contributed by atoms with Crippen LogP contribution < -0.4 is 0 Å². The van der Waals surface area contributed by atoms with Crippen LogP contribution in [0, 0.1) is 0 Å². The first-order valence-corrected chi connectivity index (χ1v) is 8.68. The summed E-state index contributed by atoms with van der Waals surface area (Å²) < 4.78 is 7.20. The molecule has 130 valence electrons. The van der Waals surface area contributed by atoms with Gasteiger partial charge in [-0.15, -0.1) is 0 Å². The smallest absolute Gasteiger partial charge is 0.244 e. The number of rotatable bonds is 4. The van der Waals surface area contributed by atoms with Gasteiger partial charge in [-0.25, -0.2) is 0 Å². The molecule has 1 amide bonds. The minimum absolute atomic E-state index is 0.0199. The van der Waals surface area contributed by atoms with E-state index in [1.807, 2.05) is 23.2 Å².